The third-order valence-corrected chi connectivity index (χ3v) is 9.47. The largest absolute Gasteiger partial charge is 0.469 e. The van der Waals surface area contributed by atoms with Crippen LogP contribution in [-0.2, 0) is 28.2 Å². The van der Waals surface area contributed by atoms with E-state index in [1.165, 1.54) is 128 Å². The minimum atomic E-state index is -4.74. The van der Waals surface area contributed by atoms with Gasteiger partial charge in [-0.1, -0.05) is 182 Å². The maximum absolute atomic E-state index is 12.4. The number of hydrogen-bond acceptors (Lipinski definition) is 6. The minimum Gasteiger partial charge on any atom is -0.462 e. The highest BCUT2D eigenvalue weighted by atomic mass is 31.2. The molecule has 0 fully saturated rings. The lowest BCUT2D eigenvalue weighted by Gasteiger charge is -2.18. The van der Waals surface area contributed by atoms with E-state index in [9.17, 15) is 14.2 Å². The van der Waals surface area contributed by atoms with Crippen molar-refractivity contribution in [2.75, 3.05) is 13.2 Å². The molecule has 0 aliphatic heterocycles. The number of phosphoric acid groups is 1. The molecule has 0 aromatic heterocycles. The summed E-state index contributed by atoms with van der Waals surface area (Å²) < 4.78 is 26.3. The van der Waals surface area contributed by atoms with Crippen molar-refractivity contribution in [3.8, 4) is 0 Å². The average molecular weight is 705 g/mol. The van der Waals surface area contributed by atoms with Gasteiger partial charge in [-0.05, 0) is 24.7 Å². The van der Waals surface area contributed by atoms with Crippen LogP contribution in [0, 0.1) is 11.8 Å². The van der Waals surface area contributed by atoms with Crippen molar-refractivity contribution in [2.24, 2.45) is 11.8 Å². The second-order valence-electron chi connectivity index (χ2n) is 14.9. The molecule has 0 heterocycles. The fourth-order valence-corrected chi connectivity index (χ4v) is 6.34. The molecule has 0 saturated heterocycles. The van der Waals surface area contributed by atoms with E-state index in [4.69, 9.17) is 19.3 Å². The molecular weight excluding hydrogens is 627 g/mol. The maximum atomic E-state index is 12.4. The number of carbonyl (C=O) groups is 2. The van der Waals surface area contributed by atoms with Gasteiger partial charge in [-0.2, -0.15) is 0 Å². The van der Waals surface area contributed by atoms with Crippen molar-refractivity contribution in [3.05, 3.63) is 0 Å². The van der Waals surface area contributed by atoms with Crippen LogP contribution in [-0.4, -0.2) is 41.0 Å². The molecule has 0 saturated carbocycles. The predicted molar refractivity (Wildman–Crippen MR) is 198 cm³/mol. The zero-order chi connectivity index (χ0) is 35.7. The smallest absolute Gasteiger partial charge is 0.462 e. The number of ether oxygens (including phenoxy) is 2. The second kappa shape index (κ2) is 33.2. The molecule has 48 heavy (non-hydrogen) atoms. The molecule has 286 valence electrons. The molecule has 2 N–H and O–H groups in total. The number of esters is 2. The van der Waals surface area contributed by atoms with Gasteiger partial charge in [0, 0.05) is 12.8 Å². The number of phosphoric ester groups is 1. The molecule has 9 heteroatoms. The third-order valence-electron chi connectivity index (χ3n) is 8.98. The van der Waals surface area contributed by atoms with Crippen molar-refractivity contribution >= 4 is 19.8 Å². The van der Waals surface area contributed by atoms with Crippen molar-refractivity contribution in [1.29, 1.82) is 0 Å². The van der Waals surface area contributed by atoms with Gasteiger partial charge >= 0.3 is 19.8 Å². The zero-order valence-electron chi connectivity index (χ0n) is 31.7. The van der Waals surface area contributed by atoms with E-state index in [0.29, 0.717) is 6.42 Å². The highest BCUT2D eigenvalue weighted by molar-refractivity contribution is 7.46. The van der Waals surface area contributed by atoms with Gasteiger partial charge in [0.1, 0.15) is 6.61 Å². The Kier molecular flexibility index (Phi) is 32.6. The van der Waals surface area contributed by atoms with Crippen molar-refractivity contribution in [2.45, 2.75) is 214 Å². The summed E-state index contributed by atoms with van der Waals surface area (Å²) in [7, 11) is -4.74. The van der Waals surface area contributed by atoms with Gasteiger partial charge in [0.05, 0.1) is 6.61 Å². The summed E-state index contributed by atoms with van der Waals surface area (Å²) in [4.78, 5) is 42.6. The van der Waals surface area contributed by atoms with Crippen LogP contribution < -0.4 is 0 Å². The van der Waals surface area contributed by atoms with Crippen LogP contribution >= 0.6 is 7.82 Å². The number of hydrogen-bond donors (Lipinski definition) is 2. The molecule has 0 aromatic carbocycles. The molecule has 8 nitrogen and oxygen atoms in total. The normalized spacial score (nSPS) is 12.6. The van der Waals surface area contributed by atoms with Gasteiger partial charge in [-0.15, -0.1) is 0 Å². The summed E-state index contributed by atoms with van der Waals surface area (Å²) in [5.74, 6) is 0.709. The minimum absolute atomic E-state index is 0.218. The van der Waals surface area contributed by atoms with Gasteiger partial charge in [0.15, 0.2) is 6.10 Å². The van der Waals surface area contributed by atoms with Crippen molar-refractivity contribution in [1.82, 2.24) is 0 Å². The van der Waals surface area contributed by atoms with Gasteiger partial charge in [-0.25, -0.2) is 4.57 Å². The molecule has 0 aliphatic rings. The Morgan fingerprint density at radius 1 is 0.479 bits per heavy atom. The second-order valence-corrected chi connectivity index (χ2v) is 16.2. The lowest BCUT2D eigenvalue weighted by Crippen LogP contribution is -2.29. The Morgan fingerprint density at radius 2 is 0.792 bits per heavy atom. The predicted octanol–water partition coefficient (Wildman–Crippen LogP) is 11.8. The summed E-state index contributed by atoms with van der Waals surface area (Å²) in [6.45, 7) is 8.29. The van der Waals surface area contributed by atoms with Gasteiger partial charge in [0.2, 0.25) is 0 Å². The first-order valence-electron chi connectivity index (χ1n) is 20.0. The fourth-order valence-electron chi connectivity index (χ4n) is 5.98. The Morgan fingerprint density at radius 3 is 1.12 bits per heavy atom. The Hall–Kier alpha value is -0.950. The molecule has 1 atom stereocenters. The van der Waals surface area contributed by atoms with E-state index in [1.54, 1.807) is 0 Å². The van der Waals surface area contributed by atoms with Gasteiger partial charge < -0.3 is 19.3 Å². The lowest BCUT2D eigenvalue weighted by atomic mass is 10.0. The summed E-state index contributed by atoms with van der Waals surface area (Å²) in [6.07, 6.45) is 31.5. The summed E-state index contributed by atoms with van der Waals surface area (Å²) in [6, 6.07) is 0. The van der Waals surface area contributed by atoms with E-state index < -0.39 is 32.5 Å². The van der Waals surface area contributed by atoms with Crippen LogP contribution in [0.2, 0.25) is 0 Å². The third kappa shape index (κ3) is 37.9. The summed E-state index contributed by atoms with van der Waals surface area (Å²) >= 11 is 0. The Balaban J connectivity index is 3.81. The SMILES string of the molecule is CC(C)CCCCCCCCCCCCCCCCCCCCC(=O)O[C@H](COC(=O)CCCCCCCCC(C)C)COP(=O)(O)O. The molecule has 0 aliphatic carbocycles. The monoisotopic (exact) mass is 705 g/mol. The molecule has 0 spiro atoms. The maximum Gasteiger partial charge on any atom is 0.469 e. The van der Waals surface area contributed by atoms with E-state index in [0.717, 1.165) is 43.9 Å². The van der Waals surface area contributed by atoms with Crippen LogP contribution in [0.3, 0.4) is 0 Å². The van der Waals surface area contributed by atoms with Crippen LogP contribution in [0.15, 0.2) is 0 Å². The van der Waals surface area contributed by atoms with E-state index in [-0.39, 0.29) is 19.4 Å². The first-order chi connectivity index (χ1) is 23.0. The fraction of sp³-hybridized carbons (Fsp3) is 0.949. The molecule has 0 amide bonds. The number of unbranched alkanes of at least 4 members (excludes halogenated alkanes) is 22. The van der Waals surface area contributed by atoms with Gasteiger partial charge in [-0.3, -0.25) is 14.1 Å². The molecule has 0 bridgehead atoms. The molecule has 0 radical (unpaired) electrons. The number of rotatable bonds is 36. The van der Waals surface area contributed by atoms with Crippen LogP contribution in [0.4, 0.5) is 0 Å². The molecule has 0 rings (SSSR count). The highest BCUT2D eigenvalue weighted by Crippen LogP contribution is 2.36. The molecular formula is C39H77O8P. The molecule has 0 aromatic rings. The summed E-state index contributed by atoms with van der Waals surface area (Å²) in [5, 5.41) is 0. The van der Waals surface area contributed by atoms with Crippen LogP contribution in [0.5, 0.6) is 0 Å². The Labute approximate surface area is 295 Å². The number of carbonyl (C=O) groups excluding carboxylic acids is 2. The summed E-state index contributed by atoms with van der Waals surface area (Å²) in [5.41, 5.74) is 0. The van der Waals surface area contributed by atoms with Crippen LogP contribution in [0.25, 0.3) is 0 Å². The van der Waals surface area contributed by atoms with Crippen LogP contribution in [0.1, 0.15) is 207 Å². The Bertz CT molecular complexity index is 782. The first kappa shape index (κ1) is 47.0. The van der Waals surface area contributed by atoms with E-state index in [2.05, 4.69) is 32.2 Å². The van der Waals surface area contributed by atoms with Crippen molar-refractivity contribution < 1.29 is 37.9 Å². The average Bonchev–Trinajstić information content (AvgIpc) is 3.01. The lowest BCUT2D eigenvalue weighted by molar-refractivity contribution is -0.161. The first-order valence-corrected chi connectivity index (χ1v) is 21.6. The highest BCUT2D eigenvalue weighted by Gasteiger charge is 2.22. The zero-order valence-corrected chi connectivity index (χ0v) is 32.6. The van der Waals surface area contributed by atoms with Gasteiger partial charge in [0.25, 0.3) is 0 Å². The standard InChI is InChI=1S/C39H77O8P/c1-35(2)29-25-21-17-15-13-11-9-7-5-6-8-10-12-14-16-18-24-28-32-39(41)47-37(34-46-48(42,43)44)33-45-38(40)31-27-23-20-19-22-26-30-36(3)4/h35-37H,5-34H2,1-4H3,(H2,42,43,44)/t37-/m1/s1. The molecule has 0 unspecified atom stereocenters. The topological polar surface area (TPSA) is 119 Å². The van der Waals surface area contributed by atoms with E-state index >= 15 is 0 Å². The van der Waals surface area contributed by atoms with E-state index in [1.807, 2.05) is 0 Å². The van der Waals surface area contributed by atoms with Crippen molar-refractivity contribution in [3.63, 3.8) is 0 Å². The quantitative estimate of drug-likeness (QED) is 0.0376.